The Labute approximate surface area is 310 Å². The number of benzene rings is 1. The highest BCUT2D eigenvalue weighted by Crippen LogP contribution is 2.71. The largest absolute Gasteiger partial charge is 0.365 e. The van der Waals surface area contributed by atoms with Gasteiger partial charge in [-0.15, -0.1) is 6.58 Å². The predicted octanol–water partition coefficient (Wildman–Crippen LogP) is 11.1. The number of nitrogens with one attached hydrogen (secondary N) is 3. The van der Waals surface area contributed by atoms with Crippen molar-refractivity contribution in [1.29, 1.82) is 0 Å². The van der Waals surface area contributed by atoms with Crippen LogP contribution >= 0.6 is 0 Å². The second kappa shape index (κ2) is 13.8. The van der Waals surface area contributed by atoms with E-state index in [1.165, 1.54) is 5.57 Å². The lowest BCUT2D eigenvalue weighted by Crippen LogP contribution is -2.62. The van der Waals surface area contributed by atoms with Crippen LogP contribution in [0.3, 0.4) is 0 Å². The Hall–Kier alpha value is -3.00. The second-order valence-corrected chi connectivity index (χ2v) is 20.8. The molecule has 0 saturated carbocycles. The van der Waals surface area contributed by atoms with Gasteiger partial charge in [0.25, 0.3) is 5.56 Å². The van der Waals surface area contributed by atoms with Gasteiger partial charge in [0.2, 0.25) is 10.9 Å². The summed E-state index contributed by atoms with van der Waals surface area (Å²) in [5, 5.41) is 0.797. The van der Waals surface area contributed by atoms with Gasteiger partial charge in [-0.2, -0.15) is 0 Å². The van der Waals surface area contributed by atoms with Crippen molar-refractivity contribution in [2.75, 3.05) is 16.2 Å². The fourth-order valence-corrected chi connectivity index (χ4v) is 12.5. The molecule has 0 aliphatic carbocycles. The zero-order valence-corrected chi connectivity index (χ0v) is 35.1. The molecule has 1 aromatic carbocycles. The standard InChI is InChI=1S/C43H68N4O3S/c1-16-20-39(8,9)43(40(10,11)23-29(2)3)27-37(4,5)26-42(14,15)47(28-38(6,7)25-41(43,12)13)34-18-17-30(46-51(49)50)22-32(34)33-24-45-36(48)35-31(33)19-21-44-35/h17-19,21-22,24,44,51H,2,16,20,23,25-28H2,1,3-15H3,(H,45,48)(H,46,49,50). The van der Waals surface area contributed by atoms with Crippen molar-refractivity contribution >= 4 is 33.2 Å². The Morgan fingerprint density at radius 2 is 1.55 bits per heavy atom. The Kier molecular flexibility index (Phi) is 11.0. The van der Waals surface area contributed by atoms with Crippen molar-refractivity contribution < 1.29 is 8.42 Å². The van der Waals surface area contributed by atoms with Crippen LogP contribution in [0.4, 0.5) is 11.4 Å². The minimum atomic E-state index is -2.86. The number of rotatable bonds is 10. The molecule has 8 heteroatoms. The monoisotopic (exact) mass is 721 g/mol. The van der Waals surface area contributed by atoms with Gasteiger partial charge in [-0.1, -0.05) is 88.2 Å². The first kappa shape index (κ1) is 40.8. The first-order chi connectivity index (χ1) is 23.2. The minimum absolute atomic E-state index is 0.0118. The van der Waals surface area contributed by atoms with E-state index in [2.05, 4.69) is 129 Å². The van der Waals surface area contributed by atoms with Crippen LogP contribution in [0.25, 0.3) is 22.0 Å². The van der Waals surface area contributed by atoms with Crippen LogP contribution in [0.1, 0.15) is 135 Å². The SMILES string of the molecule is C=C(C)CC(C)(C)C1(C(C)(C)CCC)CC(C)(C)CC(C)(C)N(c2ccc(N[SH](=O)=O)cc2-c2c[nH]c(=O)c3[nH]ccc23)CC(C)(C)CC1(C)C. The average Bonchev–Trinajstić information content (AvgIpc) is 3.43. The molecule has 0 radical (unpaired) electrons. The molecule has 3 heterocycles. The minimum Gasteiger partial charge on any atom is -0.365 e. The molecule has 3 aromatic rings. The Bertz CT molecular complexity index is 1880. The first-order valence-electron chi connectivity index (χ1n) is 18.9. The van der Waals surface area contributed by atoms with Crippen LogP contribution in [-0.2, 0) is 10.9 Å². The number of nitrogens with zero attached hydrogens (tertiary/aromatic N) is 1. The number of aromatic nitrogens is 2. The lowest BCUT2D eigenvalue weighted by atomic mass is 9.37. The smallest absolute Gasteiger partial charge is 0.272 e. The fraction of sp³-hybridized carbons (Fsp3) is 0.651. The number of allylic oxidation sites excluding steroid dienone is 1. The molecule has 0 amide bonds. The predicted molar refractivity (Wildman–Crippen MR) is 219 cm³/mol. The van der Waals surface area contributed by atoms with E-state index < -0.39 is 10.9 Å². The quantitative estimate of drug-likeness (QED) is 0.124. The zero-order valence-electron chi connectivity index (χ0n) is 34.2. The van der Waals surface area contributed by atoms with Crippen molar-refractivity contribution in [3.63, 3.8) is 0 Å². The summed E-state index contributed by atoms with van der Waals surface area (Å²) in [7, 11) is -2.86. The van der Waals surface area contributed by atoms with Gasteiger partial charge in [-0.25, -0.2) is 8.42 Å². The Morgan fingerprint density at radius 3 is 2.14 bits per heavy atom. The summed E-state index contributed by atoms with van der Waals surface area (Å²) in [6.45, 7) is 39.6. The average molecular weight is 721 g/mol. The highest BCUT2D eigenvalue weighted by molar-refractivity contribution is 7.73. The van der Waals surface area contributed by atoms with Gasteiger partial charge < -0.3 is 14.9 Å². The van der Waals surface area contributed by atoms with E-state index in [4.69, 9.17) is 0 Å². The highest BCUT2D eigenvalue weighted by atomic mass is 32.2. The molecule has 0 spiro atoms. The summed E-state index contributed by atoms with van der Waals surface area (Å²) < 4.78 is 26.3. The van der Waals surface area contributed by atoms with Gasteiger partial charge in [0.15, 0.2) is 0 Å². The summed E-state index contributed by atoms with van der Waals surface area (Å²) in [5.41, 5.74) is 4.29. The maximum absolute atomic E-state index is 12.8. The number of H-pyrrole nitrogens is 2. The van der Waals surface area contributed by atoms with E-state index in [0.29, 0.717) is 11.2 Å². The third kappa shape index (κ3) is 7.87. The Morgan fingerprint density at radius 1 is 0.902 bits per heavy atom. The maximum Gasteiger partial charge on any atom is 0.272 e. The normalized spacial score (nSPS) is 22.2. The topological polar surface area (TPSA) is 98.1 Å². The first-order valence-corrected chi connectivity index (χ1v) is 20.1. The molecule has 1 saturated heterocycles. The number of thiol groups is 1. The number of hydrogen-bond acceptors (Lipinski definition) is 4. The van der Waals surface area contributed by atoms with E-state index in [0.717, 1.165) is 67.3 Å². The van der Waals surface area contributed by atoms with Gasteiger partial charge in [0.1, 0.15) is 5.52 Å². The molecule has 284 valence electrons. The van der Waals surface area contributed by atoms with E-state index >= 15 is 0 Å². The molecule has 1 fully saturated rings. The molecular formula is C43H68N4O3S. The molecule has 0 bridgehead atoms. The number of hydrogen-bond donors (Lipinski definition) is 4. The van der Waals surface area contributed by atoms with E-state index in [1.807, 2.05) is 18.2 Å². The van der Waals surface area contributed by atoms with E-state index in [9.17, 15) is 13.2 Å². The molecule has 1 unspecified atom stereocenters. The van der Waals surface area contributed by atoms with Crippen molar-refractivity contribution in [1.82, 2.24) is 9.97 Å². The van der Waals surface area contributed by atoms with Crippen LogP contribution in [0, 0.1) is 32.5 Å². The zero-order chi connectivity index (χ0) is 38.6. The molecule has 1 atom stereocenters. The molecule has 4 rings (SSSR count). The van der Waals surface area contributed by atoms with Crippen LogP contribution in [0.15, 0.2) is 53.6 Å². The molecule has 51 heavy (non-hydrogen) atoms. The lowest BCUT2D eigenvalue weighted by molar-refractivity contribution is -0.186. The van der Waals surface area contributed by atoms with Crippen molar-refractivity contribution in [3.05, 3.63) is 59.2 Å². The molecule has 1 aliphatic rings. The third-order valence-electron chi connectivity index (χ3n) is 12.4. The van der Waals surface area contributed by atoms with Crippen LogP contribution < -0.4 is 15.2 Å². The molecule has 7 nitrogen and oxygen atoms in total. The van der Waals surface area contributed by atoms with E-state index in [1.54, 1.807) is 12.4 Å². The number of aromatic amines is 2. The van der Waals surface area contributed by atoms with Crippen LogP contribution in [-0.4, -0.2) is 30.5 Å². The van der Waals surface area contributed by atoms with E-state index in [-0.39, 0.29) is 43.6 Å². The van der Waals surface area contributed by atoms with Crippen molar-refractivity contribution in [3.8, 4) is 11.1 Å². The van der Waals surface area contributed by atoms with Crippen molar-refractivity contribution in [2.24, 2.45) is 32.5 Å². The van der Waals surface area contributed by atoms with Crippen molar-refractivity contribution in [2.45, 2.75) is 141 Å². The number of fused-ring (bicyclic) bond motifs is 1. The van der Waals surface area contributed by atoms with Gasteiger partial charge in [0.05, 0.1) is 0 Å². The van der Waals surface area contributed by atoms with Gasteiger partial charge >= 0.3 is 0 Å². The highest BCUT2D eigenvalue weighted by Gasteiger charge is 2.64. The third-order valence-corrected chi connectivity index (χ3v) is 12.8. The van der Waals surface area contributed by atoms with Crippen LogP contribution in [0.5, 0.6) is 0 Å². The summed E-state index contributed by atoms with van der Waals surface area (Å²) in [6, 6.07) is 7.76. The Balaban J connectivity index is 2.02. The molecule has 2 aromatic heterocycles. The second-order valence-electron chi connectivity index (χ2n) is 20.1. The van der Waals surface area contributed by atoms with Gasteiger partial charge in [0, 0.05) is 52.4 Å². The molecular weight excluding hydrogens is 653 g/mol. The summed E-state index contributed by atoms with van der Waals surface area (Å²) >= 11 is 0. The fourth-order valence-electron chi connectivity index (χ4n) is 12.2. The number of pyridine rings is 1. The van der Waals surface area contributed by atoms with Gasteiger partial charge in [-0.3, -0.25) is 9.52 Å². The maximum atomic E-state index is 12.8. The molecule has 3 N–H and O–H groups in total. The summed E-state index contributed by atoms with van der Waals surface area (Å²) in [5.74, 6) is 0. The summed E-state index contributed by atoms with van der Waals surface area (Å²) in [4.78, 5) is 21.4. The summed E-state index contributed by atoms with van der Waals surface area (Å²) in [6.07, 6.45) is 9.86. The molecule has 1 aliphatic heterocycles. The number of anilines is 2. The lowest BCUT2D eigenvalue weighted by Gasteiger charge is -2.68. The van der Waals surface area contributed by atoms with Crippen LogP contribution in [0.2, 0.25) is 0 Å². The van der Waals surface area contributed by atoms with Gasteiger partial charge in [-0.05, 0) is 110 Å².